The van der Waals surface area contributed by atoms with Crippen LogP contribution in [0, 0.1) is 17.8 Å². The van der Waals surface area contributed by atoms with Crippen molar-refractivity contribution in [3.05, 3.63) is 0 Å². The number of hydrogen-bond donors (Lipinski definition) is 1. The lowest BCUT2D eigenvalue weighted by Gasteiger charge is -2.33. The molecule has 0 radical (unpaired) electrons. The van der Waals surface area contributed by atoms with Crippen molar-refractivity contribution in [3.63, 3.8) is 0 Å². The molecule has 1 amide bonds. The molecule has 1 aliphatic carbocycles. The first-order valence-corrected chi connectivity index (χ1v) is 4.95. The Morgan fingerprint density at radius 2 is 1.77 bits per heavy atom. The molecule has 0 unspecified atom stereocenters. The van der Waals surface area contributed by atoms with Crippen LogP contribution in [-0.4, -0.2) is 29.4 Å². The van der Waals surface area contributed by atoms with Crippen LogP contribution in [0.4, 0.5) is 0 Å². The highest BCUT2D eigenvalue weighted by molar-refractivity contribution is 5.80. The Labute approximate surface area is 79.3 Å². The number of likely N-dealkylation sites (tertiary alicyclic amines) is 1. The number of amides is 1. The summed E-state index contributed by atoms with van der Waals surface area (Å²) in [5.74, 6) is 1.23. The molecule has 0 aromatic heterocycles. The van der Waals surface area contributed by atoms with Gasteiger partial charge in [0, 0.05) is 24.5 Å². The van der Waals surface area contributed by atoms with Crippen molar-refractivity contribution in [3.8, 4) is 0 Å². The van der Waals surface area contributed by atoms with E-state index in [1.807, 2.05) is 0 Å². The van der Waals surface area contributed by atoms with Gasteiger partial charge in [0.1, 0.15) is 0 Å². The van der Waals surface area contributed by atoms with Gasteiger partial charge in [0.15, 0.2) is 0 Å². The third kappa shape index (κ3) is 1.35. The van der Waals surface area contributed by atoms with Gasteiger partial charge in [0.25, 0.3) is 0 Å². The van der Waals surface area contributed by atoms with Crippen molar-refractivity contribution in [2.75, 3.05) is 13.1 Å². The summed E-state index contributed by atoms with van der Waals surface area (Å²) in [6.45, 7) is 8.77. The topological polar surface area (TPSA) is 46.3 Å². The van der Waals surface area contributed by atoms with E-state index in [0.717, 1.165) is 13.1 Å². The van der Waals surface area contributed by atoms with Gasteiger partial charge < -0.3 is 5.73 Å². The van der Waals surface area contributed by atoms with Gasteiger partial charge in [-0.05, 0) is 32.6 Å². The van der Waals surface area contributed by atoms with Crippen molar-refractivity contribution in [1.29, 1.82) is 0 Å². The lowest BCUT2D eigenvalue weighted by molar-refractivity contribution is -0.120. The normalized spacial score (nSPS) is 38.8. The fraction of sp³-hybridized carbons (Fsp3) is 0.900. The Hall–Kier alpha value is -0.570. The van der Waals surface area contributed by atoms with E-state index in [0.29, 0.717) is 11.8 Å². The summed E-state index contributed by atoms with van der Waals surface area (Å²) in [5, 5.41) is 0. The van der Waals surface area contributed by atoms with Crippen LogP contribution in [-0.2, 0) is 4.79 Å². The molecule has 0 spiro atoms. The number of nitrogens with zero attached hydrogens (tertiary/aromatic N) is 1. The lowest BCUT2D eigenvalue weighted by Crippen LogP contribution is -2.42. The number of hydrogen-bond acceptors (Lipinski definition) is 2. The summed E-state index contributed by atoms with van der Waals surface area (Å²) < 4.78 is 0. The maximum Gasteiger partial charge on any atom is 0.221 e. The highest BCUT2D eigenvalue weighted by atomic mass is 16.1. The van der Waals surface area contributed by atoms with E-state index in [2.05, 4.69) is 25.7 Å². The lowest BCUT2D eigenvalue weighted by atomic mass is 10.1. The van der Waals surface area contributed by atoms with Crippen LogP contribution in [0.5, 0.6) is 0 Å². The second-order valence-corrected chi connectivity index (χ2v) is 5.33. The van der Waals surface area contributed by atoms with Gasteiger partial charge >= 0.3 is 0 Å². The molecule has 2 N–H and O–H groups in total. The van der Waals surface area contributed by atoms with Crippen LogP contribution in [0.1, 0.15) is 20.8 Å². The SMILES string of the molecule is CC(C)(C)N1C[C@@H]2[C@H](C1)[C@@H]2C(N)=O. The number of primary amides is 1. The number of carbonyl (C=O) groups excluding carboxylic acids is 1. The molecular weight excluding hydrogens is 164 g/mol. The molecule has 2 rings (SSSR count). The largest absolute Gasteiger partial charge is 0.369 e. The van der Waals surface area contributed by atoms with Crippen molar-refractivity contribution in [2.45, 2.75) is 26.3 Å². The third-order valence-electron chi connectivity index (χ3n) is 3.47. The average Bonchev–Trinajstić information content (AvgIpc) is 2.46. The van der Waals surface area contributed by atoms with Crippen molar-refractivity contribution < 1.29 is 4.79 Å². The van der Waals surface area contributed by atoms with Gasteiger partial charge in [-0.1, -0.05) is 0 Å². The Bertz CT molecular complexity index is 232. The molecule has 1 aliphatic heterocycles. The Kier molecular flexibility index (Phi) is 1.71. The number of piperidine rings is 1. The van der Waals surface area contributed by atoms with Crippen LogP contribution in [0.25, 0.3) is 0 Å². The molecule has 1 heterocycles. The van der Waals surface area contributed by atoms with E-state index in [1.54, 1.807) is 0 Å². The van der Waals surface area contributed by atoms with Gasteiger partial charge in [-0.2, -0.15) is 0 Å². The summed E-state index contributed by atoms with van der Waals surface area (Å²) >= 11 is 0. The molecular formula is C10H18N2O. The minimum Gasteiger partial charge on any atom is -0.369 e. The summed E-state index contributed by atoms with van der Waals surface area (Å²) in [6.07, 6.45) is 0. The van der Waals surface area contributed by atoms with Crippen molar-refractivity contribution in [1.82, 2.24) is 4.90 Å². The molecule has 0 bridgehead atoms. The molecule has 0 aromatic rings. The monoisotopic (exact) mass is 182 g/mol. The Morgan fingerprint density at radius 3 is 2.08 bits per heavy atom. The van der Waals surface area contributed by atoms with Crippen molar-refractivity contribution >= 4 is 5.91 Å². The van der Waals surface area contributed by atoms with Crippen LogP contribution in [0.15, 0.2) is 0 Å². The zero-order valence-corrected chi connectivity index (χ0v) is 8.58. The minimum absolute atomic E-state index is 0.0939. The average molecular weight is 182 g/mol. The zero-order valence-electron chi connectivity index (χ0n) is 8.58. The predicted molar refractivity (Wildman–Crippen MR) is 51.0 cm³/mol. The van der Waals surface area contributed by atoms with E-state index < -0.39 is 0 Å². The molecule has 3 nitrogen and oxygen atoms in total. The van der Waals surface area contributed by atoms with Gasteiger partial charge in [-0.25, -0.2) is 0 Å². The molecule has 3 atom stereocenters. The standard InChI is InChI=1S/C10H18N2O/c1-10(2,3)12-4-6-7(5-12)8(6)9(11)13/h6-8H,4-5H2,1-3H3,(H2,11,13)/t6-,7+,8-. The molecule has 1 saturated carbocycles. The van der Waals surface area contributed by atoms with Crippen LogP contribution in [0.3, 0.4) is 0 Å². The first-order valence-electron chi connectivity index (χ1n) is 4.95. The second-order valence-electron chi connectivity index (χ2n) is 5.33. The van der Waals surface area contributed by atoms with Gasteiger partial charge in [0.05, 0.1) is 0 Å². The highest BCUT2D eigenvalue weighted by Gasteiger charge is 2.59. The van der Waals surface area contributed by atoms with Gasteiger partial charge in [-0.3, -0.25) is 9.69 Å². The second kappa shape index (κ2) is 2.47. The fourth-order valence-electron chi connectivity index (χ4n) is 2.50. The number of carbonyl (C=O) groups is 1. The smallest absolute Gasteiger partial charge is 0.221 e. The van der Waals surface area contributed by atoms with E-state index in [-0.39, 0.29) is 17.4 Å². The maximum atomic E-state index is 10.9. The summed E-state index contributed by atoms with van der Waals surface area (Å²) in [7, 11) is 0. The van der Waals surface area contributed by atoms with Crippen LogP contribution >= 0.6 is 0 Å². The first kappa shape index (κ1) is 9.00. The zero-order chi connectivity index (χ0) is 9.80. The first-order chi connectivity index (χ1) is 5.91. The number of fused-ring (bicyclic) bond motifs is 1. The third-order valence-corrected chi connectivity index (χ3v) is 3.47. The Balaban J connectivity index is 1.94. The molecule has 2 fully saturated rings. The van der Waals surface area contributed by atoms with Crippen LogP contribution < -0.4 is 5.73 Å². The fourth-order valence-corrected chi connectivity index (χ4v) is 2.50. The molecule has 74 valence electrons. The molecule has 13 heavy (non-hydrogen) atoms. The van der Waals surface area contributed by atoms with E-state index in [1.165, 1.54) is 0 Å². The van der Waals surface area contributed by atoms with Gasteiger partial charge in [-0.15, -0.1) is 0 Å². The maximum absolute atomic E-state index is 10.9. The Morgan fingerprint density at radius 1 is 1.31 bits per heavy atom. The van der Waals surface area contributed by atoms with E-state index in [4.69, 9.17) is 5.73 Å². The van der Waals surface area contributed by atoms with Crippen molar-refractivity contribution in [2.24, 2.45) is 23.5 Å². The summed E-state index contributed by atoms with van der Waals surface area (Å²) in [5.41, 5.74) is 5.53. The van der Waals surface area contributed by atoms with E-state index >= 15 is 0 Å². The minimum atomic E-state index is -0.0939. The molecule has 1 saturated heterocycles. The number of nitrogens with two attached hydrogens (primary N) is 1. The quantitative estimate of drug-likeness (QED) is 0.640. The molecule has 2 aliphatic rings. The predicted octanol–water partition coefficient (Wildman–Crippen LogP) is 0.448. The van der Waals surface area contributed by atoms with Gasteiger partial charge in [0.2, 0.25) is 5.91 Å². The summed E-state index contributed by atoms with van der Waals surface area (Å²) in [4.78, 5) is 13.4. The highest BCUT2D eigenvalue weighted by Crippen LogP contribution is 2.52. The molecule has 0 aromatic carbocycles. The van der Waals surface area contributed by atoms with Crippen LogP contribution in [0.2, 0.25) is 0 Å². The van der Waals surface area contributed by atoms with E-state index in [9.17, 15) is 4.79 Å². The molecule has 3 heteroatoms. The number of rotatable bonds is 1. The summed E-state index contributed by atoms with van der Waals surface area (Å²) in [6, 6.07) is 0.